The molecule has 2 aliphatic heterocycles. The van der Waals surface area contributed by atoms with Crippen molar-refractivity contribution in [1.29, 1.82) is 0 Å². The van der Waals surface area contributed by atoms with Gasteiger partial charge in [-0.1, -0.05) is 12.1 Å². The van der Waals surface area contributed by atoms with Crippen molar-refractivity contribution in [2.24, 2.45) is 0 Å². The van der Waals surface area contributed by atoms with Crippen LogP contribution in [0.2, 0.25) is 0 Å². The number of nitrogens with zero attached hydrogens (tertiary/aromatic N) is 2. The van der Waals surface area contributed by atoms with Crippen molar-refractivity contribution in [1.82, 2.24) is 5.32 Å². The SMILES string of the molecule is Cl.O=S(=O)(c1cccc(F)c1)N1CCOc2c(N3CCNCC3)cccc21. The first kappa shape index (κ1) is 19.7. The van der Waals surface area contributed by atoms with Gasteiger partial charge in [-0.25, -0.2) is 12.8 Å². The summed E-state index contributed by atoms with van der Waals surface area (Å²) in [6, 6.07) is 10.6. The molecule has 2 aromatic rings. The summed E-state index contributed by atoms with van der Waals surface area (Å²) in [7, 11) is -3.86. The molecule has 6 nitrogen and oxygen atoms in total. The van der Waals surface area contributed by atoms with Crippen LogP contribution in [0.1, 0.15) is 0 Å². The number of piperazine rings is 1. The van der Waals surface area contributed by atoms with Gasteiger partial charge < -0.3 is 15.0 Å². The summed E-state index contributed by atoms with van der Waals surface area (Å²) < 4.78 is 46.8. The van der Waals surface area contributed by atoms with Crippen LogP contribution in [0.3, 0.4) is 0 Å². The molecule has 0 aliphatic carbocycles. The molecule has 0 radical (unpaired) electrons. The van der Waals surface area contributed by atoms with Gasteiger partial charge in [0.1, 0.15) is 12.4 Å². The van der Waals surface area contributed by atoms with Crippen LogP contribution in [0, 0.1) is 5.82 Å². The predicted molar refractivity (Wildman–Crippen MR) is 105 cm³/mol. The molecule has 0 amide bonds. The summed E-state index contributed by atoms with van der Waals surface area (Å²) in [4.78, 5) is 2.13. The van der Waals surface area contributed by atoms with Gasteiger partial charge in [0.2, 0.25) is 0 Å². The van der Waals surface area contributed by atoms with Crippen molar-refractivity contribution in [2.75, 3.05) is 48.5 Å². The van der Waals surface area contributed by atoms with Crippen molar-refractivity contribution in [3.8, 4) is 5.75 Å². The maximum atomic E-state index is 13.5. The van der Waals surface area contributed by atoms with Crippen LogP contribution in [0.5, 0.6) is 5.75 Å². The normalized spacial score (nSPS) is 16.9. The maximum Gasteiger partial charge on any atom is 0.264 e. The molecule has 0 atom stereocenters. The zero-order valence-electron chi connectivity index (χ0n) is 14.6. The smallest absolute Gasteiger partial charge is 0.264 e. The van der Waals surface area contributed by atoms with Gasteiger partial charge in [-0.2, -0.15) is 0 Å². The van der Waals surface area contributed by atoms with E-state index < -0.39 is 15.8 Å². The van der Waals surface area contributed by atoms with Crippen LogP contribution in [0.4, 0.5) is 15.8 Å². The molecule has 2 heterocycles. The molecule has 1 saturated heterocycles. The lowest BCUT2D eigenvalue weighted by Gasteiger charge is -2.36. The van der Waals surface area contributed by atoms with Crippen LogP contribution < -0.4 is 19.3 Å². The van der Waals surface area contributed by atoms with E-state index in [0.717, 1.165) is 37.9 Å². The number of hydrogen-bond donors (Lipinski definition) is 1. The third-order valence-corrected chi connectivity index (χ3v) is 6.43. The van der Waals surface area contributed by atoms with E-state index in [4.69, 9.17) is 4.74 Å². The summed E-state index contributed by atoms with van der Waals surface area (Å²) in [5.74, 6) is -0.00486. The lowest BCUT2D eigenvalue weighted by molar-refractivity contribution is 0.315. The fraction of sp³-hybridized carbons (Fsp3) is 0.333. The third kappa shape index (κ3) is 3.69. The molecule has 0 unspecified atom stereocenters. The molecular formula is C18H21ClFN3O3S. The van der Waals surface area contributed by atoms with Gasteiger partial charge in [0.25, 0.3) is 10.0 Å². The lowest BCUT2D eigenvalue weighted by atomic mass is 10.2. The Morgan fingerprint density at radius 1 is 1.00 bits per heavy atom. The van der Waals surface area contributed by atoms with Crippen LogP contribution in [-0.4, -0.2) is 47.7 Å². The Morgan fingerprint density at radius 3 is 2.44 bits per heavy atom. The first-order valence-electron chi connectivity index (χ1n) is 8.57. The molecule has 1 fully saturated rings. The maximum absolute atomic E-state index is 13.5. The Labute approximate surface area is 164 Å². The van der Waals surface area contributed by atoms with Crippen molar-refractivity contribution >= 4 is 33.8 Å². The highest BCUT2D eigenvalue weighted by Gasteiger charge is 2.32. The lowest BCUT2D eigenvalue weighted by Crippen LogP contribution is -2.44. The van der Waals surface area contributed by atoms with Crippen molar-refractivity contribution in [3.05, 3.63) is 48.3 Å². The minimum atomic E-state index is -3.86. The molecule has 1 N–H and O–H groups in total. The standard InChI is InChI=1S/C18H20FN3O3S.ClH/c19-14-3-1-4-15(13-14)26(23,24)22-11-12-25-18-16(5-2-6-17(18)22)21-9-7-20-8-10-21;/h1-6,13,20H,7-12H2;1H. The van der Waals surface area contributed by atoms with Gasteiger partial charge in [-0.15, -0.1) is 12.4 Å². The van der Waals surface area contributed by atoms with E-state index >= 15 is 0 Å². The van der Waals surface area contributed by atoms with Crippen LogP contribution in [0.15, 0.2) is 47.4 Å². The number of para-hydroxylation sites is 1. The Kier molecular flexibility index (Phi) is 5.78. The van der Waals surface area contributed by atoms with Gasteiger partial charge in [0.15, 0.2) is 5.75 Å². The van der Waals surface area contributed by atoms with E-state index in [1.54, 1.807) is 6.07 Å². The number of sulfonamides is 1. The summed E-state index contributed by atoms with van der Waals surface area (Å²) in [5.41, 5.74) is 1.39. The van der Waals surface area contributed by atoms with Crippen molar-refractivity contribution in [3.63, 3.8) is 0 Å². The molecule has 9 heteroatoms. The van der Waals surface area contributed by atoms with Crippen LogP contribution >= 0.6 is 12.4 Å². The zero-order valence-corrected chi connectivity index (χ0v) is 16.2. The number of fused-ring (bicyclic) bond motifs is 1. The number of hydrogen-bond acceptors (Lipinski definition) is 5. The number of benzene rings is 2. The number of rotatable bonds is 3. The second-order valence-electron chi connectivity index (χ2n) is 6.25. The third-order valence-electron chi connectivity index (χ3n) is 4.62. The Morgan fingerprint density at radius 2 is 1.70 bits per heavy atom. The van der Waals surface area contributed by atoms with Gasteiger partial charge in [0, 0.05) is 26.2 Å². The molecule has 27 heavy (non-hydrogen) atoms. The van der Waals surface area contributed by atoms with Crippen LogP contribution in [-0.2, 0) is 10.0 Å². The van der Waals surface area contributed by atoms with Gasteiger partial charge in [-0.05, 0) is 30.3 Å². The monoisotopic (exact) mass is 413 g/mol. The van der Waals surface area contributed by atoms with Gasteiger partial charge in [0.05, 0.1) is 22.8 Å². The summed E-state index contributed by atoms with van der Waals surface area (Å²) in [5, 5.41) is 3.30. The summed E-state index contributed by atoms with van der Waals surface area (Å²) >= 11 is 0. The van der Waals surface area contributed by atoms with E-state index in [0.29, 0.717) is 11.4 Å². The minimum absolute atomic E-state index is 0. The Hall–Kier alpha value is -2.03. The largest absolute Gasteiger partial charge is 0.487 e. The highest BCUT2D eigenvalue weighted by molar-refractivity contribution is 7.92. The topological polar surface area (TPSA) is 61.9 Å². The average Bonchev–Trinajstić information content (AvgIpc) is 2.67. The number of halogens is 2. The predicted octanol–water partition coefficient (Wildman–Crippen LogP) is 2.24. The zero-order chi connectivity index (χ0) is 18.1. The van der Waals surface area contributed by atoms with Gasteiger partial charge >= 0.3 is 0 Å². The number of ether oxygens (including phenoxy) is 1. The molecule has 0 spiro atoms. The first-order chi connectivity index (χ1) is 12.6. The molecule has 0 saturated carbocycles. The average molecular weight is 414 g/mol. The van der Waals surface area contributed by atoms with Crippen molar-refractivity contribution in [2.45, 2.75) is 4.90 Å². The van der Waals surface area contributed by atoms with E-state index in [9.17, 15) is 12.8 Å². The molecular weight excluding hydrogens is 393 g/mol. The van der Waals surface area contributed by atoms with E-state index in [2.05, 4.69) is 10.2 Å². The molecule has 2 aromatic carbocycles. The Bertz CT molecular complexity index is 920. The molecule has 0 aromatic heterocycles. The minimum Gasteiger partial charge on any atom is -0.487 e. The Balaban J connectivity index is 0.00000210. The second-order valence-corrected chi connectivity index (χ2v) is 8.11. The van der Waals surface area contributed by atoms with Crippen LogP contribution in [0.25, 0.3) is 0 Å². The highest BCUT2D eigenvalue weighted by Crippen LogP contribution is 2.42. The number of nitrogens with one attached hydrogen (secondary N) is 1. The van der Waals surface area contributed by atoms with Crippen molar-refractivity contribution < 1.29 is 17.5 Å². The molecule has 4 rings (SSSR count). The highest BCUT2D eigenvalue weighted by atomic mass is 35.5. The first-order valence-corrected chi connectivity index (χ1v) is 10.0. The van der Waals surface area contributed by atoms with E-state index in [1.807, 2.05) is 12.1 Å². The molecule has 0 bridgehead atoms. The fourth-order valence-corrected chi connectivity index (χ4v) is 4.85. The summed E-state index contributed by atoms with van der Waals surface area (Å²) in [6.07, 6.45) is 0. The fourth-order valence-electron chi connectivity index (χ4n) is 3.37. The van der Waals surface area contributed by atoms with E-state index in [-0.39, 0.29) is 30.5 Å². The van der Waals surface area contributed by atoms with Gasteiger partial charge in [-0.3, -0.25) is 4.31 Å². The molecule has 2 aliphatic rings. The number of anilines is 2. The van der Waals surface area contributed by atoms with E-state index in [1.165, 1.54) is 22.5 Å². The quantitative estimate of drug-likeness (QED) is 0.836. The molecule has 146 valence electrons. The summed E-state index contributed by atoms with van der Waals surface area (Å²) in [6.45, 7) is 3.85. The second kappa shape index (κ2) is 7.92.